The standard InChI is InChI=1S/C6H10Br2Cl2/c1-4(7)2-5(8)3-6(9)10/h4-6H,2-3H2,1H3. The van der Waals surface area contributed by atoms with Crippen molar-refractivity contribution in [1.82, 2.24) is 0 Å². The minimum Gasteiger partial charge on any atom is -0.105 e. The summed E-state index contributed by atoms with van der Waals surface area (Å²) < 4.78 is 0. The summed E-state index contributed by atoms with van der Waals surface area (Å²) in [5, 5.41) is 0. The van der Waals surface area contributed by atoms with Gasteiger partial charge in [0.1, 0.15) is 4.84 Å². The summed E-state index contributed by atoms with van der Waals surface area (Å²) in [6.45, 7) is 2.10. The third-order valence-electron chi connectivity index (χ3n) is 1.01. The second-order valence-electron chi connectivity index (χ2n) is 2.24. The maximum absolute atomic E-state index is 5.58. The van der Waals surface area contributed by atoms with Gasteiger partial charge in [0.05, 0.1) is 0 Å². The zero-order valence-corrected chi connectivity index (χ0v) is 10.3. The summed E-state index contributed by atoms with van der Waals surface area (Å²) in [5.41, 5.74) is 0. The van der Waals surface area contributed by atoms with E-state index in [0.717, 1.165) is 12.8 Å². The molecule has 62 valence electrons. The molecule has 0 aliphatic rings. The summed E-state index contributed by atoms with van der Waals surface area (Å²) in [4.78, 5) is 0.682. The van der Waals surface area contributed by atoms with Crippen molar-refractivity contribution in [1.29, 1.82) is 0 Å². The van der Waals surface area contributed by atoms with E-state index in [4.69, 9.17) is 23.2 Å². The fraction of sp³-hybridized carbons (Fsp3) is 1.00. The molecule has 0 aromatic heterocycles. The van der Waals surface area contributed by atoms with Crippen molar-refractivity contribution < 1.29 is 0 Å². The molecule has 4 heteroatoms. The molecule has 0 aromatic carbocycles. The molecule has 0 spiro atoms. The van der Waals surface area contributed by atoms with Crippen molar-refractivity contribution in [2.24, 2.45) is 0 Å². The summed E-state index contributed by atoms with van der Waals surface area (Å²) in [7, 11) is 0. The Kier molecular flexibility index (Phi) is 7.04. The lowest BCUT2D eigenvalue weighted by Gasteiger charge is -2.10. The van der Waals surface area contributed by atoms with Crippen LogP contribution < -0.4 is 0 Å². The smallest absolute Gasteiger partial charge is 0.105 e. The highest BCUT2D eigenvalue weighted by Gasteiger charge is 2.11. The van der Waals surface area contributed by atoms with Crippen molar-refractivity contribution in [3.05, 3.63) is 0 Å². The molecule has 0 N–H and O–H groups in total. The molecule has 2 atom stereocenters. The van der Waals surface area contributed by atoms with Crippen molar-refractivity contribution in [3.8, 4) is 0 Å². The maximum atomic E-state index is 5.58. The molecule has 0 saturated carbocycles. The molecular weight excluding hydrogens is 303 g/mol. The van der Waals surface area contributed by atoms with Crippen molar-refractivity contribution in [2.45, 2.75) is 34.3 Å². The Morgan fingerprint density at radius 2 is 1.70 bits per heavy atom. The van der Waals surface area contributed by atoms with Gasteiger partial charge in [0.2, 0.25) is 0 Å². The van der Waals surface area contributed by atoms with Crippen LogP contribution in [0, 0.1) is 0 Å². The molecular formula is C6H10Br2Cl2. The molecule has 0 rings (SSSR count). The van der Waals surface area contributed by atoms with E-state index in [-0.39, 0.29) is 4.84 Å². The predicted molar refractivity (Wildman–Crippen MR) is 55.8 cm³/mol. The zero-order valence-electron chi connectivity index (χ0n) is 5.66. The summed E-state index contributed by atoms with van der Waals surface area (Å²) >= 11 is 18.1. The molecule has 0 aliphatic carbocycles. The Morgan fingerprint density at radius 1 is 1.20 bits per heavy atom. The first-order chi connectivity index (χ1) is 4.52. The van der Waals surface area contributed by atoms with Crippen LogP contribution in [-0.2, 0) is 0 Å². The molecule has 10 heavy (non-hydrogen) atoms. The van der Waals surface area contributed by atoms with E-state index in [1.165, 1.54) is 0 Å². The lowest BCUT2D eigenvalue weighted by atomic mass is 10.2. The summed E-state index contributed by atoms with van der Waals surface area (Å²) in [5.74, 6) is 0. The average Bonchev–Trinajstić information content (AvgIpc) is 1.58. The second kappa shape index (κ2) is 6.10. The van der Waals surface area contributed by atoms with E-state index in [2.05, 4.69) is 38.8 Å². The third-order valence-corrected chi connectivity index (χ3v) is 2.49. The fourth-order valence-corrected chi connectivity index (χ4v) is 3.39. The van der Waals surface area contributed by atoms with E-state index < -0.39 is 0 Å². The van der Waals surface area contributed by atoms with Crippen LogP contribution in [0.1, 0.15) is 19.8 Å². The van der Waals surface area contributed by atoms with Gasteiger partial charge in [-0.15, -0.1) is 23.2 Å². The van der Waals surface area contributed by atoms with Gasteiger partial charge in [0, 0.05) is 9.65 Å². The van der Waals surface area contributed by atoms with Crippen LogP contribution in [0.2, 0.25) is 0 Å². The second-order valence-corrected chi connectivity index (χ2v) is 6.38. The molecule has 0 fully saturated rings. The van der Waals surface area contributed by atoms with Gasteiger partial charge >= 0.3 is 0 Å². The number of halogens is 4. The first kappa shape index (κ1) is 11.5. The van der Waals surface area contributed by atoms with E-state index in [1.807, 2.05) is 0 Å². The summed E-state index contributed by atoms with van der Waals surface area (Å²) in [6.07, 6.45) is 1.86. The monoisotopic (exact) mass is 310 g/mol. The van der Waals surface area contributed by atoms with Crippen molar-refractivity contribution in [2.75, 3.05) is 0 Å². The molecule has 0 radical (unpaired) electrons. The Labute approximate surface area is 88.9 Å². The molecule has 2 unspecified atom stereocenters. The normalized spacial score (nSPS) is 17.4. The molecule has 0 aromatic rings. The van der Waals surface area contributed by atoms with E-state index in [1.54, 1.807) is 0 Å². The van der Waals surface area contributed by atoms with Gasteiger partial charge < -0.3 is 0 Å². The Hall–Kier alpha value is 1.54. The maximum Gasteiger partial charge on any atom is 0.108 e. The van der Waals surface area contributed by atoms with Gasteiger partial charge in [0.15, 0.2) is 0 Å². The fourth-order valence-electron chi connectivity index (χ4n) is 0.642. The van der Waals surface area contributed by atoms with Gasteiger partial charge in [-0.3, -0.25) is 0 Å². The SMILES string of the molecule is CC(Br)CC(Br)CC(Cl)Cl. The highest BCUT2D eigenvalue weighted by atomic mass is 79.9. The van der Waals surface area contributed by atoms with E-state index in [9.17, 15) is 0 Å². The first-order valence-electron chi connectivity index (χ1n) is 3.08. The number of hydrogen-bond acceptors (Lipinski definition) is 0. The molecule has 0 bridgehead atoms. The first-order valence-corrected chi connectivity index (χ1v) is 5.79. The van der Waals surface area contributed by atoms with Crippen LogP contribution in [0.3, 0.4) is 0 Å². The van der Waals surface area contributed by atoms with Gasteiger partial charge in [-0.25, -0.2) is 0 Å². The summed E-state index contributed by atoms with van der Waals surface area (Å²) in [6, 6.07) is 0. The lowest BCUT2D eigenvalue weighted by molar-refractivity contribution is 0.737. The van der Waals surface area contributed by atoms with E-state index in [0.29, 0.717) is 9.65 Å². The van der Waals surface area contributed by atoms with Crippen LogP contribution in [0.5, 0.6) is 0 Å². The minimum atomic E-state index is -0.254. The minimum absolute atomic E-state index is 0.254. The lowest BCUT2D eigenvalue weighted by Crippen LogP contribution is -2.07. The van der Waals surface area contributed by atoms with Gasteiger partial charge in [0.25, 0.3) is 0 Å². The van der Waals surface area contributed by atoms with Crippen LogP contribution >= 0.6 is 55.1 Å². The molecule has 0 nitrogen and oxygen atoms in total. The Balaban J connectivity index is 3.34. The largest absolute Gasteiger partial charge is 0.108 e. The highest BCUT2D eigenvalue weighted by Crippen LogP contribution is 2.22. The third kappa shape index (κ3) is 7.64. The predicted octanol–water partition coefficient (Wildman–Crippen LogP) is 4.12. The highest BCUT2D eigenvalue weighted by molar-refractivity contribution is 9.10. The molecule has 0 saturated heterocycles. The van der Waals surface area contributed by atoms with Gasteiger partial charge in [-0.05, 0) is 12.8 Å². The van der Waals surface area contributed by atoms with Crippen LogP contribution in [0.15, 0.2) is 0 Å². The van der Waals surface area contributed by atoms with Crippen molar-refractivity contribution in [3.63, 3.8) is 0 Å². The molecule has 0 heterocycles. The topological polar surface area (TPSA) is 0 Å². The van der Waals surface area contributed by atoms with Crippen molar-refractivity contribution >= 4 is 55.1 Å². The van der Waals surface area contributed by atoms with E-state index >= 15 is 0 Å². The molecule has 0 amide bonds. The molecule has 0 aliphatic heterocycles. The van der Waals surface area contributed by atoms with Crippen LogP contribution in [0.25, 0.3) is 0 Å². The number of alkyl halides is 4. The zero-order chi connectivity index (χ0) is 8.15. The quantitative estimate of drug-likeness (QED) is 0.685. The number of hydrogen-bond donors (Lipinski definition) is 0. The average molecular weight is 313 g/mol. The Morgan fingerprint density at radius 3 is 2.00 bits per heavy atom. The number of rotatable bonds is 4. The Bertz CT molecular complexity index is 75.8. The van der Waals surface area contributed by atoms with Crippen LogP contribution in [0.4, 0.5) is 0 Å². The van der Waals surface area contributed by atoms with Gasteiger partial charge in [-0.2, -0.15) is 0 Å². The van der Waals surface area contributed by atoms with Crippen LogP contribution in [-0.4, -0.2) is 14.5 Å². The van der Waals surface area contributed by atoms with Gasteiger partial charge in [-0.1, -0.05) is 38.8 Å².